The number of aryl methyl sites for hydroxylation is 1. The van der Waals surface area contributed by atoms with Crippen molar-refractivity contribution in [1.29, 1.82) is 0 Å². The van der Waals surface area contributed by atoms with Crippen LogP contribution < -0.4 is 4.74 Å². The van der Waals surface area contributed by atoms with Crippen LogP contribution in [0.4, 0.5) is 0 Å². The Bertz CT molecular complexity index is 588. The summed E-state index contributed by atoms with van der Waals surface area (Å²) >= 11 is 5.84. The van der Waals surface area contributed by atoms with Crippen LogP contribution in [-0.2, 0) is 6.61 Å². The summed E-state index contributed by atoms with van der Waals surface area (Å²) in [6.07, 6.45) is 0. The van der Waals surface area contributed by atoms with Crippen molar-refractivity contribution in [1.82, 2.24) is 0 Å². The van der Waals surface area contributed by atoms with Gasteiger partial charge in [-0.3, -0.25) is 4.79 Å². The second-order valence-corrected chi connectivity index (χ2v) is 4.86. The van der Waals surface area contributed by atoms with Gasteiger partial charge in [-0.1, -0.05) is 35.9 Å². The van der Waals surface area contributed by atoms with Gasteiger partial charge in [-0.2, -0.15) is 0 Å². The predicted octanol–water partition coefficient (Wildman–Crippen LogP) is 4.43. The van der Waals surface area contributed by atoms with E-state index in [0.29, 0.717) is 22.9 Å². The van der Waals surface area contributed by atoms with Crippen molar-refractivity contribution in [3.05, 3.63) is 64.2 Å². The highest BCUT2D eigenvalue weighted by Gasteiger charge is 2.10. The minimum atomic E-state index is 0.00908. The maximum absolute atomic E-state index is 11.6. The molecule has 2 aromatic rings. The van der Waals surface area contributed by atoms with Gasteiger partial charge in [-0.15, -0.1) is 0 Å². The highest BCUT2D eigenvalue weighted by molar-refractivity contribution is 6.30. The molecule has 0 atom stereocenters. The van der Waals surface area contributed by atoms with Crippen molar-refractivity contribution >= 4 is 17.4 Å². The van der Waals surface area contributed by atoms with Crippen LogP contribution in [0.25, 0.3) is 0 Å². The fraction of sp³-hybridized carbons (Fsp3) is 0.188. The normalized spacial score (nSPS) is 10.3. The third kappa shape index (κ3) is 3.36. The van der Waals surface area contributed by atoms with Gasteiger partial charge in [0, 0.05) is 5.02 Å². The van der Waals surface area contributed by atoms with E-state index in [2.05, 4.69) is 0 Å². The summed E-state index contributed by atoms with van der Waals surface area (Å²) < 4.78 is 5.79. The summed E-state index contributed by atoms with van der Waals surface area (Å²) in [7, 11) is 0. The average Bonchev–Trinajstić information content (AvgIpc) is 2.39. The van der Waals surface area contributed by atoms with Crippen LogP contribution >= 0.6 is 11.6 Å². The van der Waals surface area contributed by atoms with Crippen LogP contribution in [-0.4, -0.2) is 5.78 Å². The highest BCUT2D eigenvalue weighted by Crippen LogP contribution is 2.25. The molecule has 19 heavy (non-hydrogen) atoms. The zero-order chi connectivity index (χ0) is 13.8. The van der Waals surface area contributed by atoms with Crippen molar-refractivity contribution in [2.75, 3.05) is 0 Å². The lowest BCUT2D eigenvalue weighted by Crippen LogP contribution is -2.03. The number of para-hydroxylation sites is 1. The largest absolute Gasteiger partial charge is 0.488 e. The molecule has 2 nitrogen and oxygen atoms in total. The van der Waals surface area contributed by atoms with E-state index in [1.54, 1.807) is 13.0 Å². The fourth-order valence-electron chi connectivity index (χ4n) is 1.86. The second-order valence-electron chi connectivity index (χ2n) is 4.42. The molecule has 0 heterocycles. The Morgan fingerprint density at radius 3 is 2.47 bits per heavy atom. The minimum absolute atomic E-state index is 0.00908. The number of benzene rings is 2. The molecule has 0 aromatic heterocycles. The molecule has 2 rings (SSSR count). The fourth-order valence-corrected chi connectivity index (χ4v) is 1.98. The molecule has 0 unspecified atom stereocenters. The number of ether oxygens (including phenoxy) is 1. The first-order chi connectivity index (χ1) is 9.08. The first-order valence-corrected chi connectivity index (χ1v) is 6.43. The molecule has 0 aliphatic carbocycles. The summed E-state index contributed by atoms with van der Waals surface area (Å²) in [5.74, 6) is 0.666. The van der Waals surface area contributed by atoms with E-state index in [-0.39, 0.29) is 5.78 Å². The number of carbonyl (C=O) groups excluding carboxylic acids is 1. The quantitative estimate of drug-likeness (QED) is 0.771. The monoisotopic (exact) mass is 274 g/mol. The van der Waals surface area contributed by atoms with Crippen LogP contribution in [0.5, 0.6) is 5.75 Å². The Morgan fingerprint density at radius 1 is 1.16 bits per heavy atom. The van der Waals surface area contributed by atoms with Gasteiger partial charge in [0.2, 0.25) is 0 Å². The Morgan fingerprint density at radius 2 is 1.84 bits per heavy atom. The van der Waals surface area contributed by atoms with Crippen molar-refractivity contribution in [3.63, 3.8) is 0 Å². The topological polar surface area (TPSA) is 26.3 Å². The van der Waals surface area contributed by atoms with Crippen LogP contribution in [0, 0.1) is 6.92 Å². The van der Waals surface area contributed by atoms with E-state index < -0.39 is 0 Å². The predicted molar refractivity (Wildman–Crippen MR) is 77.0 cm³/mol. The maximum atomic E-state index is 11.6. The molecule has 98 valence electrons. The smallest absolute Gasteiger partial charge is 0.163 e. The molecule has 0 spiro atoms. The lowest BCUT2D eigenvalue weighted by atomic mass is 10.1. The summed E-state index contributed by atoms with van der Waals surface area (Å²) in [5, 5.41) is 0.698. The van der Waals surface area contributed by atoms with Gasteiger partial charge in [-0.05, 0) is 43.2 Å². The van der Waals surface area contributed by atoms with Gasteiger partial charge in [-0.25, -0.2) is 0 Å². The van der Waals surface area contributed by atoms with Crippen LogP contribution in [0.15, 0.2) is 42.5 Å². The van der Waals surface area contributed by atoms with Gasteiger partial charge in [0.1, 0.15) is 12.4 Å². The summed E-state index contributed by atoms with van der Waals surface area (Å²) in [4.78, 5) is 11.6. The molecule has 0 amide bonds. The molecule has 0 aliphatic heterocycles. The van der Waals surface area contributed by atoms with E-state index >= 15 is 0 Å². The van der Waals surface area contributed by atoms with E-state index in [0.717, 1.165) is 11.1 Å². The van der Waals surface area contributed by atoms with Gasteiger partial charge < -0.3 is 4.74 Å². The SMILES string of the molecule is CC(=O)c1cccc(C)c1OCc1ccc(Cl)cc1. The van der Waals surface area contributed by atoms with Gasteiger partial charge >= 0.3 is 0 Å². The third-order valence-electron chi connectivity index (χ3n) is 2.89. The van der Waals surface area contributed by atoms with Gasteiger partial charge in [0.15, 0.2) is 5.78 Å². The van der Waals surface area contributed by atoms with Crippen LogP contribution in [0.1, 0.15) is 28.4 Å². The number of halogens is 1. The van der Waals surface area contributed by atoms with Crippen molar-refractivity contribution in [2.45, 2.75) is 20.5 Å². The summed E-state index contributed by atoms with van der Waals surface area (Å²) in [6, 6.07) is 13.0. The Hall–Kier alpha value is -1.80. The number of hydrogen-bond acceptors (Lipinski definition) is 2. The zero-order valence-corrected chi connectivity index (χ0v) is 11.7. The molecule has 0 aliphatic rings. The summed E-state index contributed by atoms with van der Waals surface area (Å²) in [6.45, 7) is 3.90. The number of ketones is 1. The minimum Gasteiger partial charge on any atom is -0.488 e. The number of rotatable bonds is 4. The van der Waals surface area contributed by atoms with E-state index in [1.165, 1.54) is 0 Å². The molecule has 0 N–H and O–H groups in total. The first kappa shape index (κ1) is 13.6. The van der Waals surface area contributed by atoms with Crippen molar-refractivity contribution < 1.29 is 9.53 Å². The number of hydrogen-bond donors (Lipinski definition) is 0. The van der Waals surface area contributed by atoms with Crippen molar-refractivity contribution in [2.24, 2.45) is 0 Å². The molecule has 0 saturated carbocycles. The lowest BCUT2D eigenvalue weighted by molar-refractivity contribution is 0.101. The van der Waals surface area contributed by atoms with Crippen LogP contribution in [0.2, 0.25) is 5.02 Å². The lowest BCUT2D eigenvalue weighted by Gasteiger charge is -2.12. The van der Waals surface area contributed by atoms with E-state index in [4.69, 9.17) is 16.3 Å². The molecule has 3 heteroatoms. The van der Waals surface area contributed by atoms with Crippen molar-refractivity contribution in [3.8, 4) is 5.75 Å². The molecule has 0 radical (unpaired) electrons. The Kier molecular flexibility index (Phi) is 4.23. The molecular weight excluding hydrogens is 260 g/mol. The van der Waals surface area contributed by atoms with E-state index in [1.807, 2.05) is 43.3 Å². The number of Topliss-reactive ketones (excluding diaryl/α,β-unsaturated/α-hetero) is 1. The molecular formula is C16H15ClO2. The summed E-state index contributed by atoms with van der Waals surface area (Å²) in [5.41, 5.74) is 2.60. The molecule has 0 fully saturated rings. The van der Waals surface area contributed by atoms with Gasteiger partial charge in [0.05, 0.1) is 5.56 Å². The molecule has 2 aromatic carbocycles. The number of carbonyl (C=O) groups is 1. The molecule has 0 saturated heterocycles. The third-order valence-corrected chi connectivity index (χ3v) is 3.14. The standard InChI is InChI=1S/C16H15ClO2/c1-11-4-3-5-15(12(2)18)16(11)19-10-13-6-8-14(17)9-7-13/h3-9H,10H2,1-2H3. The molecule has 0 bridgehead atoms. The van der Waals surface area contributed by atoms with Crippen LogP contribution in [0.3, 0.4) is 0 Å². The zero-order valence-electron chi connectivity index (χ0n) is 10.9. The maximum Gasteiger partial charge on any atom is 0.163 e. The average molecular weight is 275 g/mol. The first-order valence-electron chi connectivity index (χ1n) is 6.05. The Labute approximate surface area is 118 Å². The van der Waals surface area contributed by atoms with E-state index in [9.17, 15) is 4.79 Å². The second kappa shape index (κ2) is 5.89. The highest BCUT2D eigenvalue weighted by atomic mass is 35.5. The Balaban J connectivity index is 2.19. The van der Waals surface area contributed by atoms with Gasteiger partial charge in [0.25, 0.3) is 0 Å².